The van der Waals surface area contributed by atoms with Gasteiger partial charge in [-0.25, -0.2) is 0 Å². The van der Waals surface area contributed by atoms with Crippen molar-refractivity contribution in [3.05, 3.63) is 42.0 Å². The van der Waals surface area contributed by atoms with Crippen LogP contribution in [-0.4, -0.2) is 29.8 Å². The Balaban J connectivity index is 1.47. The van der Waals surface area contributed by atoms with Crippen LogP contribution in [0, 0.1) is 0 Å². The quantitative estimate of drug-likeness (QED) is 0.806. The van der Waals surface area contributed by atoms with Crippen LogP contribution in [0.4, 0.5) is 0 Å². The topological polar surface area (TPSA) is 60.2 Å². The van der Waals surface area contributed by atoms with Crippen molar-refractivity contribution in [2.45, 2.75) is 12.3 Å². The van der Waals surface area contributed by atoms with Gasteiger partial charge in [-0.3, -0.25) is 0 Å². The van der Waals surface area contributed by atoms with Crippen molar-refractivity contribution < 1.29 is 9.26 Å². The molecule has 1 N–H and O–H groups in total. The van der Waals surface area contributed by atoms with Gasteiger partial charge in [-0.15, -0.1) is 0 Å². The van der Waals surface area contributed by atoms with Gasteiger partial charge >= 0.3 is 0 Å². The van der Waals surface area contributed by atoms with E-state index in [0.29, 0.717) is 5.92 Å². The first-order chi connectivity index (χ1) is 8.93. The molecule has 1 aromatic heterocycles. The van der Waals surface area contributed by atoms with Gasteiger partial charge in [-0.1, -0.05) is 23.4 Å². The molecule has 5 heteroatoms. The SMILES string of the molecule is c1ccc2c(c1)OCC2CNCCc1ncon1. The number of hydrogen-bond acceptors (Lipinski definition) is 5. The number of rotatable bonds is 5. The van der Waals surface area contributed by atoms with E-state index in [9.17, 15) is 0 Å². The van der Waals surface area contributed by atoms with Crippen LogP contribution in [0.25, 0.3) is 0 Å². The number of ether oxygens (including phenoxy) is 1. The molecule has 3 rings (SSSR count). The van der Waals surface area contributed by atoms with E-state index in [1.54, 1.807) is 0 Å². The van der Waals surface area contributed by atoms with E-state index < -0.39 is 0 Å². The largest absolute Gasteiger partial charge is 0.493 e. The molecule has 2 aromatic rings. The minimum Gasteiger partial charge on any atom is -0.493 e. The summed E-state index contributed by atoms with van der Waals surface area (Å²) in [5.41, 5.74) is 1.30. The Kier molecular flexibility index (Phi) is 3.23. The van der Waals surface area contributed by atoms with Crippen LogP contribution in [0.15, 0.2) is 35.2 Å². The summed E-state index contributed by atoms with van der Waals surface area (Å²) in [5, 5.41) is 7.18. The van der Waals surface area contributed by atoms with E-state index in [-0.39, 0.29) is 0 Å². The molecule has 0 fully saturated rings. The molecule has 0 radical (unpaired) electrons. The van der Waals surface area contributed by atoms with Gasteiger partial charge in [0.1, 0.15) is 5.75 Å². The highest BCUT2D eigenvalue weighted by Crippen LogP contribution is 2.32. The average Bonchev–Trinajstić information content (AvgIpc) is 3.04. The molecule has 1 aliphatic heterocycles. The van der Waals surface area contributed by atoms with Gasteiger partial charge in [-0.2, -0.15) is 4.98 Å². The third-order valence-corrected chi connectivity index (χ3v) is 3.12. The summed E-state index contributed by atoms with van der Waals surface area (Å²) in [4.78, 5) is 3.98. The maximum atomic E-state index is 5.63. The fourth-order valence-electron chi connectivity index (χ4n) is 2.18. The summed E-state index contributed by atoms with van der Waals surface area (Å²) in [5.74, 6) is 2.19. The van der Waals surface area contributed by atoms with E-state index in [2.05, 4.69) is 32.1 Å². The van der Waals surface area contributed by atoms with Gasteiger partial charge < -0.3 is 14.6 Å². The first kappa shape index (κ1) is 11.2. The van der Waals surface area contributed by atoms with Crippen LogP contribution in [0.2, 0.25) is 0 Å². The van der Waals surface area contributed by atoms with Crippen molar-refractivity contribution in [3.63, 3.8) is 0 Å². The van der Waals surface area contributed by atoms with Gasteiger partial charge in [0.2, 0.25) is 6.39 Å². The lowest BCUT2D eigenvalue weighted by Gasteiger charge is -2.09. The van der Waals surface area contributed by atoms with Gasteiger partial charge in [0.25, 0.3) is 0 Å². The zero-order chi connectivity index (χ0) is 12.2. The Morgan fingerprint density at radius 2 is 2.28 bits per heavy atom. The molecular weight excluding hydrogens is 230 g/mol. The van der Waals surface area contributed by atoms with E-state index in [1.165, 1.54) is 12.0 Å². The van der Waals surface area contributed by atoms with Crippen molar-refractivity contribution in [1.82, 2.24) is 15.5 Å². The summed E-state index contributed by atoms with van der Waals surface area (Å²) >= 11 is 0. The highest BCUT2D eigenvalue weighted by atomic mass is 16.5. The molecule has 0 saturated heterocycles. The molecule has 0 bridgehead atoms. The number of hydrogen-bond donors (Lipinski definition) is 1. The standard InChI is InChI=1S/C13H15N3O2/c1-2-4-12-11(3-1)10(8-17-12)7-14-6-5-13-15-9-18-16-13/h1-4,9-10,14H,5-8H2. The van der Waals surface area contributed by atoms with Crippen LogP contribution in [0.3, 0.4) is 0 Å². The van der Waals surface area contributed by atoms with Crippen LogP contribution in [0.1, 0.15) is 17.3 Å². The average molecular weight is 245 g/mol. The molecule has 0 saturated carbocycles. The Morgan fingerprint density at radius 3 is 3.17 bits per heavy atom. The zero-order valence-corrected chi connectivity index (χ0v) is 10.0. The Hall–Kier alpha value is -1.88. The van der Waals surface area contributed by atoms with Crippen molar-refractivity contribution in [1.29, 1.82) is 0 Å². The van der Waals surface area contributed by atoms with Crippen molar-refractivity contribution in [2.24, 2.45) is 0 Å². The smallest absolute Gasteiger partial charge is 0.213 e. The third-order valence-electron chi connectivity index (χ3n) is 3.12. The first-order valence-electron chi connectivity index (χ1n) is 6.11. The minimum atomic E-state index is 0.437. The molecule has 5 nitrogen and oxygen atoms in total. The number of para-hydroxylation sites is 1. The van der Waals surface area contributed by atoms with Crippen LogP contribution < -0.4 is 10.1 Å². The molecule has 2 heterocycles. The third kappa shape index (κ3) is 2.36. The predicted octanol–water partition coefficient (Wildman–Crippen LogP) is 1.38. The zero-order valence-electron chi connectivity index (χ0n) is 10.0. The maximum absolute atomic E-state index is 5.63. The van der Waals surface area contributed by atoms with Crippen LogP contribution in [-0.2, 0) is 6.42 Å². The van der Waals surface area contributed by atoms with E-state index in [0.717, 1.165) is 37.7 Å². The molecule has 1 aliphatic rings. The normalized spacial score (nSPS) is 17.4. The number of aromatic nitrogens is 2. The summed E-state index contributed by atoms with van der Waals surface area (Å²) in [6.45, 7) is 2.52. The molecule has 1 unspecified atom stereocenters. The minimum absolute atomic E-state index is 0.437. The number of nitrogens with zero attached hydrogens (tertiary/aromatic N) is 2. The Labute approximate surface area is 105 Å². The van der Waals surface area contributed by atoms with Crippen molar-refractivity contribution >= 4 is 0 Å². The molecule has 0 spiro atoms. The van der Waals surface area contributed by atoms with Gasteiger partial charge in [0.15, 0.2) is 5.82 Å². The lowest BCUT2D eigenvalue weighted by Crippen LogP contribution is -2.24. The van der Waals surface area contributed by atoms with E-state index >= 15 is 0 Å². The van der Waals surface area contributed by atoms with Gasteiger partial charge in [0, 0.05) is 31.0 Å². The monoisotopic (exact) mass is 245 g/mol. The predicted molar refractivity (Wildman–Crippen MR) is 65.5 cm³/mol. The Morgan fingerprint density at radius 1 is 1.33 bits per heavy atom. The molecule has 94 valence electrons. The number of fused-ring (bicyclic) bond motifs is 1. The highest BCUT2D eigenvalue weighted by molar-refractivity contribution is 5.39. The van der Waals surface area contributed by atoms with E-state index in [4.69, 9.17) is 4.74 Å². The summed E-state index contributed by atoms with van der Waals surface area (Å²) in [6.07, 6.45) is 2.14. The van der Waals surface area contributed by atoms with Crippen molar-refractivity contribution in [2.75, 3.05) is 19.7 Å². The second-order valence-corrected chi connectivity index (χ2v) is 4.35. The van der Waals surface area contributed by atoms with Gasteiger partial charge in [-0.05, 0) is 6.07 Å². The lowest BCUT2D eigenvalue weighted by molar-refractivity contribution is 0.326. The lowest BCUT2D eigenvalue weighted by atomic mass is 10.0. The Bertz CT molecular complexity index is 499. The molecule has 18 heavy (non-hydrogen) atoms. The molecule has 1 aromatic carbocycles. The highest BCUT2D eigenvalue weighted by Gasteiger charge is 2.22. The molecule has 0 amide bonds. The second-order valence-electron chi connectivity index (χ2n) is 4.35. The summed E-state index contributed by atoms with van der Waals surface area (Å²) in [7, 11) is 0. The molecule has 0 aliphatic carbocycles. The molecular formula is C13H15N3O2. The van der Waals surface area contributed by atoms with Crippen LogP contribution in [0.5, 0.6) is 5.75 Å². The number of benzene rings is 1. The maximum Gasteiger partial charge on any atom is 0.213 e. The fourth-order valence-corrected chi connectivity index (χ4v) is 2.18. The molecule has 1 atom stereocenters. The summed E-state index contributed by atoms with van der Waals surface area (Å²) < 4.78 is 10.3. The fraction of sp³-hybridized carbons (Fsp3) is 0.385. The van der Waals surface area contributed by atoms with Crippen LogP contribution >= 0.6 is 0 Å². The van der Waals surface area contributed by atoms with Crippen molar-refractivity contribution in [3.8, 4) is 5.75 Å². The second kappa shape index (κ2) is 5.18. The number of nitrogens with one attached hydrogen (secondary N) is 1. The summed E-state index contributed by atoms with van der Waals surface area (Å²) in [6, 6.07) is 8.22. The first-order valence-corrected chi connectivity index (χ1v) is 6.11. The van der Waals surface area contributed by atoms with E-state index in [1.807, 2.05) is 12.1 Å². The van der Waals surface area contributed by atoms with Gasteiger partial charge in [0.05, 0.1) is 6.61 Å².